The molecule has 0 fully saturated rings. The minimum Gasteiger partial charge on any atom is -0.445 e. The Morgan fingerprint density at radius 1 is 1.19 bits per heavy atom. The summed E-state index contributed by atoms with van der Waals surface area (Å²) in [7, 11) is 0. The molecule has 0 aliphatic rings. The number of carbonyl (C=O) groups is 4. The molecular weight excluding hydrogens is 368 g/mol. The maximum absolute atomic E-state index is 12.3. The third-order valence-electron chi connectivity index (χ3n) is 3.58. The SMILES string of the molecule is CC(=O)SCCC(NC(=O)OCc1ccccc1)C(=O)NCCCCC=O. The maximum atomic E-state index is 12.3. The van der Waals surface area contributed by atoms with E-state index in [4.69, 9.17) is 4.74 Å². The number of rotatable bonds is 12. The third kappa shape index (κ3) is 11.1. The molecule has 2 amide bonds. The Kier molecular flexibility index (Phi) is 11.6. The van der Waals surface area contributed by atoms with Crippen molar-refractivity contribution in [1.29, 1.82) is 0 Å². The van der Waals surface area contributed by atoms with Gasteiger partial charge in [-0.25, -0.2) is 4.79 Å². The lowest BCUT2D eigenvalue weighted by Crippen LogP contribution is -2.47. The molecular formula is C19H26N2O5S. The van der Waals surface area contributed by atoms with Crippen molar-refractivity contribution in [2.24, 2.45) is 0 Å². The van der Waals surface area contributed by atoms with E-state index in [1.165, 1.54) is 6.92 Å². The van der Waals surface area contributed by atoms with E-state index in [-0.39, 0.29) is 17.6 Å². The minimum atomic E-state index is -0.786. The molecule has 0 aliphatic carbocycles. The number of hydrogen-bond donors (Lipinski definition) is 2. The highest BCUT2D eigenvalue weighted by atomic mass is 32.2. The average molecular weight is 394 g/mol. The van der Waals surface area contributed by atoms with Gasteiger partial charge < -0.3 is 20.2 Å². The Labute approximate surface area is 163 Å². The van der Waals surface area contributed by atoms with Crippen LogP contribution in [0.3, 0.4) is 0 Å². The van der Waals surface area contributed by atoms with Crippen molar-refractivity contribution in [3.05, 3.63) is 35.9 Å². The first kappa shape index (κ1) is 22.7. The predicted molar refractivity (Wildman–Crippen MR) is 104 cm³/mol. The summed E-state index contributed by atoms with van der Waals surface area (Å²) in [5, 5.41) is 5.25. The molecule has 148 valence electrons. The van der Waals surface area contributed by atoms with Gasteiger partial charge in [-0.05, 0) is 24.8 Å². The smallest absolute Gasteiger partial charge is 0.408 e. The molecule has 27 heavy (non-hydrogen) atoms. The van der Waals surface area contributed by atoms with Crippen molar-refractivity contribution >= 4 is 35.2 Å². The summed E-state index contributed by atoms with van der Waals surface area (Å²) in [6, 6.07) is 8.44. The average Bonchev–Trinajstić information content (AvgIpc) is 2.66. The number of alkyl carbamates (subject to hydrolysis) is 1. The van der Waals surface area contributed by atoms with Gasteiger partial charge in [0.25, 0.3) is 0 Å². The van der Waals surface area contributed by atoms with Crippen LogP contribution in [-0.2, 0) is 25.7 Å². The van der Waals surface area contributed by atoms with Gasteiger partial charge in [-0.2, -0.15) is 0 Å². The molecule has 0 spiro atoms. The van der Waals surface area contributed by atoms with E-state index in [1.807, 2.05) is 30.3 Å². The molecule has 1 aromatic rings. The third-order valence-corrected chi connectivity index (χ3v) is 4.43. The molecule has 2 N–H and O–H groups in total. The van der Waals surface area contributed by atoms with Crippen LogP contribution in [0.4, 0.5) is 4.79 Å². The van der Waals surface area contributed by atoms with Crippen LogP contribution < -0.4 is 10.6 Å². The quantitative estimate of drug-likeness (QED) is 0.417. The van der Waals surface area contributed by atoms with Crippen molar-refractivity contribution < 1.29 is 23.9 Å². The van der Waals surface area contributed by atoms with Crippen LogP contribution in [0, 0.1) is 0 Å². The molecule has 1 unspecified atom stereocenters. The first-order valence-electron chi connectivity index (χ1n) is 8.85. The number of carbonyl (C=O) groups excluding carboxylic acids is 4. The molecule has 8 heteroatoms. The number of thioether (sulfide) groups is 1. The fourth-order valence-electron chi connectivity index (χ4n) is 2.18. The molecule has 0 saturated heterocycles. The number of unbranched alkanes of at least 4 members (excludes halogenated alkanes) is 2. The Morgan fingerprint density at radius 2 is 1.93 bits per heavy atom. The largest absolute Gasteiger partial charge is 0.445 e. The molecule has 1 aromatic carbocycles. The monoisotopic (exact) mass is 394 g/mol. The summed E-state index contributed by atoms with van der Waals surface area (Å²) >= 11 is 1.10. The maximum Gasteiger partial charge on any atom is 0.408 e. The van der Waals surface area contributed by atoms with E-state index in [0.717, 1.165) is 23.6 Å². The number of nitrogens with one attached hydrogen (secondary N) is 2. The number of ether oxygens (including phenoxy) is 1. The highest BCUT2D eigenvalue weighted by Crippen LogP contribution is 2.07. The van der Waals surface area contributed by atoms with Gasteiger partial charge in [-0.15, -0.1) is 0 Å². The lowest BCUT2D eigenvalue weighted by atomic mass is 10.2. The fraction of sp³-hybridized carbons (Fsp3) is 0.474. The van der Waals surface area contributed by atoms with E-state index in [2.05, 4.69) is 10.6 Å². The Bertz CT molecular complexity index is 609. The van der Waals surface area contributed by atoms with E-state index in [1.54, 1.807) is 0 Å². The second kappa shape index (κ2) is 13.8. The van der Waals surface area contributed by atoms with Crippen LogP contribution in [0.25, 0.3) is 0 Å². The Balaban J connectivity index is 2.47. The van der Waals surface area contributed by atoms with Crippen molar-refractivity contribution in [3.8, 4) is 0 Å². The minimum absolute atomic E-state index is 0.0466. The summed E-state index contributed by atoms with van der Waals surface area (Å²) in [6.45, 7) is 1.98. The first-order chi connectivity index (χ1) is 13.0. The van der Waals surface area contributed by atoms with Crippen LogP contribution in [0.15, 0.2) is 30.3 Å². The molecule has 7 nitrogen and oxygen atoms in total. The van der Waals surface area contributed by atoms with Gasteiger partial charge >= 0.3 is 6.09 Å². The van der Waals surface area contributed by atoms with Gasteiger partial charge in [0.1, 0.15) is 18.9 Å². The van der Waals surface area contributed by atoms with E-state index in [0.29, 0.717) is 38.0 Å². The number of hydrogen-bond acceptors (Lipinski definition) is 6. The van der Waals surface area contributed by atoms with Gasteiger partial charge in [-0.3, -0.25) is 9.59 Å². The molecule has 0 aromatic heterocycles. The van der Waals surface area contributed by atoms with Gasteiger partial charge in [-0.1, -0.05) is 42.1 Å². The van der Waals surface area contributed by atoms with Crippen LogP contribution in [-0.4, -0.2) is 41.7 Å². The summed E-state index contributed by atoms with van der Waals surface area (Å²) < 4.78 is 5.15. The van der Waals surface area contributed by atoms with E-state index >= 15 is 0 Å². The van der Waals surface area contributed by atoms with E-state index < -0.39 is 12.1 Å². The van der Waals surface area contributed by atoms with Crippen LogP contribution in [0.1, 0.15) is 38.2 Å². The molecule has 0 bridgehead atoms. The number of aldehydes is 1. The zero-order chi connectivity index (χ0) is 19.9. The molecule has 1 rings (SSSR count). The zero-order valence-corrected chi connectivity index (χ0v) is 16.3. The zero-order valence-electron chi connectivity index (χ0n) is 15.4. The van der Waals surface area contributed by atoms with Gasteiger partial charge in [0.15, 0.2) is 5.12 Å². The van der Waals surface area contributed by atoms with Crippen molar-refractivity contribution in [1.82, 2.24) is 10.6 Å². The second-order valence-corrected chi connectivity index (χ2v) is 7.11. The molecule has 0 aliphatic heterocycles. The Morgan fingerprint density at radius 3 is 2.59 bits per heavy atom. The summed E-state index contributed by atoms with van der Waals surface area (Å²) in [4.78, 5) is 45.7. The van der Waals surface area contributed by atoms with Gasteiger partial charge in [0, 0.05) is 25.6 Å². The normalized spacial score (nSPS) is 11.3. The van der Waals surface area contributed by atoms with Crippen LogP contribution >= 0.6 is 11.8 Å². The molecule has 1 atom stereocenters. The highest BCUT2D eigenvalue weighted by Gasteiger charge is 2.21. The number of amides is 2. The lowest BCUT2D eigenvalue weighted by Gasteiger charge is -2.18. The summed E-state index contributed by atoms with van der Waals surface area (Å²) in [5.41, 5.74) is 0.843. The molecule has 0 heterocycles. The second-order valence-electron chi connectivity index (χ2n) is 5.84. The summed E-state index contributed by atoms with van der Waals surface area (Å²) in [6.07, 6.45) is 2.30. The highest BCUT2D eigenvalue weighted by molar-refractivity contribution is 8.13. The van der Waals surface area contributed by atoms with Crippen molar-refractivity contribution in [2.45, 2.75) is 45.3 Å². The Hall–Kier alpha value is -2.35. The number of benzene rings is 1. The van der Waals surface area contributed by atoms with Crippen LogP contribution in [0.2, 0.25) is 0 Å². The summed E-state index contributed by atoms with van der Waals surface area (Å²) in [5.74, 6) is 0.0827. The fourth-order valence-corrected chi connectivity index (χ4v) is 2.82. The van der Waals surface area contributed by atoms with Crippen LogP contribution in [0.5, 0.6) is 0 Å². The van der Waals surface area contributed by atoms with Gasteiger partial charge in [0.05, 0.1) is 0 Å². The van der Waals surface area contributed by atoms with Crippen molar-refractivity contribution in [3.63, 3.8) is 0 Å². The standard InChI is InChI=1S/C19H26N2O5S/c1-15(23)27-13-10-17(18(24)20-11-6-3-7-12-22)21-19(25)26-14-16-8-4-2-5-9-16/h2,4-5,8-9,12,17H,3,6-7,10-11,13-14H2,1H3,(H,20,24)(H,21,25). The van der Waals surface area contributed by atoms with Gasteiger partial charge in [0.2, 0.25) is 5.91 Å². The molecule has 0 saturated carbocycles. The predicted octanol–water partition coefficient (Wildman–Crippen LogP) is 2.44. The first-order valence-corrected chi connectivity index (χ1v) is 9.83. The molecule has 0 radical (unpaired) electrons. The van der Waals surface area contributed by atoms with E-state index in [9.17, 15) is 19.2 Å². The topological polar surface area (TPSA) is 102 Å². The lowest BCUT2D eigenvalue weighted by molar-refractivity contribution is -0.123. The van der Waals surface area contributed by atoms with Crippen molar-refractivity contribution in [2.75, 3.05) is 12.3 Å².